The summed E-state index contributed by atoms with van der Waals surface area (Å²) in [6, 6.07) is 0.518. The molecule has 2 fully saturated rings. The van der Waals surface area contributed by atoms with Crippen LogP contribution in [0.15, 0.2) is 0 Å². The molecule has 2 rings (SSSR count). The predicted molar refractivity (Wildman–Crippen MR) is 79.6 cm³/mol. The van der Waals surface area contributed by atoms with Crippen molar-refractivity contribution in [2.45, 2.75) is 45.3 Å². The van der Waals surface area contributed by atoms with E-state index in [1.165, 1.54) is 12.8 Å². The third-order valence-electron chi connectivity index (χ3n) is 4.08. The Morgan fingerprint density at radius 1 is 1.20 bits per heavy atom. The van der Waals surface area contributed by atoms with Gasteiger partial charge < -0.3 is 10.0 Å². The first-order valence-corrected chi connectivity index (χ1v) is 7.85. The lowest BCUT2D eigenvalue weighted by molar-refractivity contribution is -0.133. The standard InChI is InChI=1S/C15H29N3O2/c1-4-18(13-5-6-13)14(19)11-16-7-9-17(10-8-16)12-15(2,3)20/h13,20H,4-12H2,1-3H3. The van der Waals surface area contributed by atoms with Crippen molar-refractivity contribution in [3.05, 3.63) is 0 Å². The SMILES string of the molecule is CCN(C(=O)CN1CCN(CC(C)(C)O)CC1)C1CC1. The monoisotopic (exact) mass is 283 g/mol. The summed E-state index contributed by atoms with van der Waals surface area (Å²) in [6.07, 6.45) is 2.36. The van der Waals surface area contributed by atoms with E-state index in [0.29, 0.717) is 19.1 Å². The Morgan fingerprint density at radius 3 is 2.20 bits per heavy atom. The zero-order chi connectivity index (χ0) is 14.8. The van der Waals surface area contributed by atoms with Crippen molar-refractivity contribution in [3.8, 4) is 0 Å². The number of amides is 1. The summed E-state index contributed by atoms with van der Waals surface area (Å²) in [5, 5.41) is 9.84. The fourth-order valence-corrected chi connectivity index (χ4v) is 2.96. The number of aliphatic hydroxyl groups is 1. The normalized spacial score (nSPS) is 22.0. The number of carbonyl (C=O) groups excluding carboxylic acids is 1. The average Bonchev–Trinajstić information content (AvgIpc) is 3.15. The quantitative estimate of drug-likeness (QED) is 0.766. The minimum atomic E-state index is -0.636. The van der Waals surface area contributed by atoms with Crippen LogP contribution in [0.25, 0.3) is 0 Å². The van der Waals surface area contributed by atoms with Crippen LogP contribution < -0.4 is 0 Å². The van der Waals surface area contributed by atoms with Crippen LogP contribution in [0.3, 0.4) is 0 Å². The van der Waals surface area contributed by atoms with E-state index < -0.39 is 5.60 Å². The zero-order valence-electron chi connectivity index (χ0n) is 13.1. The molecule has 5 nitrogen and oxygen atoms in total. The zero-order valence-corrected chi connectivity index (χ0v) is 13.1. The summed E-state index contributed by atoms with van der Waals surface area (Å²) >= 11 is 0. The second kappa shape index (κ2) is 6.41. The molecule has 0 aromatic carbocycles. The van der Waals surface area contributed by atoms with Gasteiger partial charge in [-0.15, -0.1) is 0 Å². The summed E-state index contributed by atoms with van der Waals surface area (Å²) in [5.74, 6) is 0.283. The molecule has 0 unspecified atom stereocenters. The van der Waals surface area contributed by atoms with E-state index in [0.717, 1.165) is 32.7 Å². The predicted octanol–water partition coefficient (Wildman–Crippen LogP) is 0.386. The summed E-state index contributed by atoms with van der Waals surface area (Å²) in [4.78, 5) is 18.8. The van der Waals surface area contributed by atoms with Crippen molar-refractivity contribution in [1.29, 1.82) is 0 Å². The van der Waals surface area contributed by atoms with Crippen LogP contribution in [0.4, 0.5) is 0 Å². The van der Waals surface area contributed by atoms with E-state index in [9.17, 15) is 9.90 Å². The fourth-order valence-electron chi connectivity index (χ4n) is 2.96. The molecule has 1 saturated heterocycles. The van der Waals surface area contributed by atoms with Gasteiger partial charge in [0.2, 0.25) is 5.91 Å². The Morgan fingerprint density at radius 2 is 1.75 bits per heavy atom. The van der Waals surface area contributed by atoms with Crippen LogP contribution in [0, 0.1) is 0 Å². The molecular formula is C15H29N3O2. The molecule has 0 aromatic heterocycles. The molecule has 116 valence electrons. The second-order valence-electron chi connectivity index (χ2n) is 6.78. The summed E-state index contributed by atoms with van der Waals surface area (Å²) in [5.41, 5.74) is -0.636. The van der Waals surface area contributed by atoms with E-state index in [4.69, 9.17) is 0 Å². The summed E-state index contributed by atoms with van der Waals surface area (Å²) < 4.78 is 0. The van der Waals surface area contributed by atoms with Gasteiger partial charge in [0.15, 0.2) is 0 Å². The molecule has 0 spiro atoms. The molecule has 1 amide bonds. The van der Waals surface area contributed by atoms with Crippen LogP contribution in [-0.2, 0) is 4.79 Å². The number of likely N-dealkylation sites (N-methyl/N-ethyl adjacent to an activating group) is 1. The molecular weight excluding hydrogens is 254 g/mol. The lowest BCUT2D eigenvalue weighted by atomic mass is 10.1. The van der Waals surface area contributed by atoms with Gasteiger partial charge in [0.05, 0.1) is 12.1 Å². The van der Waals surface area contributed by atoms with Gasteiger partial charge >= 0.3 is 0 Å². The maximum Gasteiger partial charge on any atom is 0.236 e. The topological polar surface area (TPSA) is 47.0 Å². The first kappa shape index (κ1) is 15.7. The number of nitrogens with zero attached hydrogens (tertiary/aromatic N) is 3. The fraction of sp³-hybridized carbons (Fsp3) is 0.933. The third-order valence-corrected chi connectivity index (χ3v) is 4.08. The minimum Gasteiger partial charge on any atom is -0.389 e. The lowest BCUT2D eigenvalue weighted by Gasteiger charge is -2.37. The van der Waals surface area contributed by atoms with Gasteiger partial charge in [0.1, 0.15) is 0 Å². The van der Waals surface area contributed by atoms with Crippen LogP contribution >= 0.6 is 0 Å². The third kappa shape index (κ3) is 4.72. The van der Waals surface area contributed by atoms with Crippen molar-refractivity contribution in [3.63, 3.8) is 0 Å². The molecule has 1 aliphatic carbocycles. The molecule has 0 bridgehead atoms. The van der Waals surface area contributed by atoms with Crippen molar-refractivity contribution in [1.82, 2.24) is 14.7 Å². The van der Waals surface area contributed by atoms with Gasteiger partial charge in [-0.3, -0.25) is 14.6 Å². The van der Waals surface area contributed by atoms with Crippen LogP contribution in [0.2, 0.25) is 0 Å². The van der Waals surface area contributed by atoms with E-state index >= 15 is 0 Å². The number of β-amino-alcohol motifs (C(OH)–C–C–N with tert-alkyl or cyclic N) is 1. The molecule has 0 radical (unpaired) electrons. The van der Waals surface area contributed by atoms with Crippen molar-refractivity contribution >= 4 is 5.91 Å². The highest BCUT2D eigenvalue weighted by Gasteiger charge is 2.32. The van der Waals surface area contributed by atoms with Gasteiger partial charge in [-0.05, 0) is 33.6 Å². The molecule has 20 heavy (non-hydrogen) atoms. The van der Waals surface area contributed by atoms with Crippen LogP contribution in [0.5, 0.6) is 0 Å². The Bertz CT molecular complexity index is 329. The smallest absolute Gasteiger partial charge is 0.236 e. The molecule has 1 N–H and O–H groups in total. The van der Waals surface area contributed by atoms with Gasteiger partial charge in [-0.2, -0.15) is 0 Å². The second-order valence-corrected chi connectivity index (χ2v) is 6.78. The van der Waals surface area contributed by atoms with E-state index in [2.05, 4.69) is 16.7 Å². The van der Waals surface area contributed by atoms with E-state index in [-0.39, 0.29) is 5.91 Å². The van der Waals surface area contributed by atoms with Crippen molar-refractivity contribution in [2.75, 3.05) is 45.8 Å². The minimum absolute atomic E-state index is 0.283. The Balaban J connectivity index is 1.72. The van der Waals surface area contributed by atoms with Gasteiger partial charge in [-0.25, -0.2) is 0 Å². The highest BCUT2D eigenvalue weighted by atomic mass is 16.3. The Kier molecular flexibility index (Phi) is 5.04. The number of carbonyl (C=O) groups is 1. The first-order chi connectivity index (χ1) is 9.39. The molecule has 1 saturated carbocycles. The van der Waals surface area contributed by atoms with Crippen LogP contribution in [0.1, 0.15) is 33.6 Å². The van der Waals surface area contributed by atoms with Crippen molar-refractivity contribution in [2.24, 2.45) is 0 Å². The average molecular weight is 283 g/mol. The van der Waals surface area contributed by atoms with Crippen LogP contribution in [-0.4, -0.2) is 83.2 Å². The maximum atomic E-state index is 12.3. The number of hydrogen-bond donors (Lipinski definition) is 1. The molecule has 1 heterocycles. The molecule has 1 aliphatic heterocycles. The van der Waals surface area contributed by atoms with Gasteiger partial charge in [0.25, 0.3) is 0 Å². The molecule has 0 atom stereocenters. The largest absolute Gasteiger partial charge is 0.389 e. The van der Waals surface area contributed by atoms with E-state index in [1.807, 2.05) is 18.7 Å². The highest BCUT2D eigenvalue weighted by Crippen LogP contribution is 2.26. The molecule has 0 aromatic rings. The number of rotatable bonds is 6. The number of piperazine rings is 1. The number of hydrogen-bond acceptors (Lipinski definition) is 4. The Labute approximate surface area is 122 Å². The summed E-state index contributed by atoms with van der Waals surface area (Å²) in [6.45, 7) is 11.6. The van der Waals surface area contributed by atoms with Gasteiger partial charge in [-0.1, -0.05) is 0 Å². The summed E-state index contributed by atoms with van der Waals surface area (Å²) in [7, 11) is 0. The Hall–Kier alpha value is -0.650. The first-order valence-electron chi connectivity index (χ1n) is 7.85. The van der Waals surface area contributed by atoms with Crippen molar-refractivity contribution < 1.29 is 9.90 Å². The maximum absolute atomic E-state index is 12.3. The molecule has 5 heteroatoms. The lowest BCUT2D eigenvalue weighted by Crippen LogP contribution is -2.52. The van der Waals surface area contributed by atoms with E-state index in [1.54, 1.807) is 0 Å². The molecule has 2 aliphatic rings. The van der Waals surface area contributed by atoms with Gasteiger partial charge in [0, 0.05) is 45.3 Å². The highest BCUT2D eigenvalue weighted by molar-refractivity contribution is 5.78.